The van der Waals surface area contributed by atoms with E-state index in [-0.39, 0.29) is 6.10 Å². The zero-order valence-corrected chi connectivity index (χ0v) is 13.6. The highest BCUT2D eigenvalue weighted by Gasteiger charge is 2.50. The molecule has 0 bridgehead atoms. The fraction of sp³-hybridized carbons (Fsp3) is 0.882. The largest absolute Gasteiger partial charge is 0.388 e. The Morgan fingerprint density at radius 2 is 2.05 bits per heavy atom. The van der Waals surface area contributed by atoms with Crippen molar-refractivity contribution in [3.63, 3.8) is 0 Å². The van der Waals surface area contributed by atoms with Crippen LogP contribution in [0, 0.1) is 23.2 Å². The lowest BCUT2D eigenvalue weighted by Gasteiger charge is -2.55. The van der Waals surface area contributed by atoms with Crippen LogP contribution in [0.3, 0.4) is 0 Å². The quantitative estimate of drug-likeness (QED) is 0.766. The summed E-state index contributed by atoms with van der Waals surface area (Å²) in [6, 6.07) is 0. The minimum Gasteiger partial charge on any atom is -0.388 e. The van der Waals surface area contributed by atoms with Crippen LogP contribution in [-0.2, 0) is 0 Å². The minimum absolute atomic E-state index is 0.345. The summed E-state index contributed by atoms with van der Waals surface area (Å²) in [6.45, 7) is 11.1. The van der Waals surface area contributed by atoms with Gasteiger partial charge in [0.15, 0.2) is 0 Å². The van der Waals surface area contributed by atoms with E-state index >= 15 is 0 Å². The first kappa shape index (κ1) is 15.4. The zero-order valence-electron chi connectivity index (χ0n) is 12.8. The van der Waals surface area contributed by atoms with Gasteiger partial charge in [-0.2, -0.15) is 11.8 Å². The maximum atomic E-state index is 9.77. The van der Waals surface area contributed by atoms with Crippen LogP contribution in [0.25, 0.3) is 0 Å². The Labute approximate surface area is 123 Å². The molecule has 110 valence electrons. The molecule has 2 saturated carbocycles. The molecule has 19 heavy (non-hydrogen) atoms. The second-order valence-electron chi connectivity index (χ2n) is 7.09. The van der Waals surface area contributed by atoms with Crippen LogP contribution < -0.4 is 0 Å². The van der Waals surface area contributed by atoms with Gasteiger partial charge in [0.05, 0.1) is 6.10 Å². The summed E-state index contributed by atoms with van der Waals surface area (Å²) in [5.74, 6) is 3.39. The number of aliphatic hydroxyl groups is 1. The first-order chi connectivity index (χ1) is 8.99. The van der Waals surface area contributed by atoms with Crippen LogP contribution in [0.1, 0.15) is 52.9 Å². The maximum absolute atomic E-state index is 9.77. The third kappa shape index (κ3) is 3.05. The van der Waals surface area contributed by atoms with E-state index in [0.29, 0.717) is 10.7 Å². The highest BCUT2D eigenvalue weighted by Crippen LogP contribution is 2.57. The van der Waals surface area contributed by atoms with Crippen LogP contribution >= 0.6 is 11.8 Å². The van der Waals surface area contributed by atoms with E-state index in [2.05, 4.69) is 27.4 Å². The molecule has 0 aliphatic heterocycles. The van der Waals surface area contributed by atoms with Crippen LogP contribution in [0.4, 0.5) is 0 Å². The number of rotatable bonds is 4. The monoisotopic (exact) mass is 282 g/mol. The molecule has 0 amide bonds. The third-order valence-corrected chi connectivity index (χ3v) is 7.62. The van der Waals surface area contributed by atoms with Crippen molar-refractivity contribution >= 4 is 11.8 Å². The average molecular weight is 282 g/mol. The Kier molecular flexibility index (Phi) is 5.05. The highest BCUT2D eigenvalue weighted by atomic mass is 32.2. The highest BCUT2D eigenvalue weighted by molar-refractivity contribution is 8.00. The summed E-state index contributed by atoms with van der Waals surface area (Å²) >= 11 is 2.00. The summed E-state index contributed by atoms with van der Waals surface area (Å²) in [5, 5.41) is 10.5. The number of fused-ring (bicyclic) bond motifs is 1. The topological polar surface area (TPSA) is 20.2 Å². The Hall–Kier alpha value is 0.0500. The molecule has 2 fully saturated rings. The minimum atomic E-state index is -0.345. The van der Waals surface area contributed by atoms with Crippen LogP contribution in [0.15, 0.2) is 12.7 Å². The fourth-order valence-electron chi connectivity index (χ4n) is 4.68. The normalized spacial score (nSPS) is 44.4. The van der Waals surface area contributed by atoms with Crippen molar-refractivity contribution in [3.8, 4) is 0 Å². The third-order valence-electron chi connectivity index (χ3n) is 5.73. The van der Waals surface area contributed by atoms with Crippen molar-refractivity contribution in [2.75, 3.05) is 5.75 Å². The van der Waals surface area contributed by atoms with Gasteiger partial charge in [0.1, 0.15) is 0 Å². The van der Waals surface area contributed by atoms with E-state index in [1.807, 2.05) is 11.8 Å². The molecule has 0 aromatic carbocycles. The lowest BCUT2D eigenvalue weighted by molar-refractivity contribution is 0.00978. The van der Waals surface area contributed by atoms with Gasteiger partial charge in [-0.25, -0.2) is 0 Å². The van der Waals surface area contributed by atoms with Crippen molar-refractivity contribution in [1.29, 1.82) is 0 Å². The Morgan fingerprint density at radius 1 is 1.32 bits per heavy atom. The Bertz CT molecular complexity index is 316. The maximum Gasteiger partial charge on any atom is 0.0808 e. The van der Waals surface area contributed by atoms with Crippen LogP contribution in [-0.4, -0.2) is 22.2 Å². The molecular formula is C17H30OS. The molecule has 2 heteroatoms. The molecule has 2 aliphatic rings. The van der Waals surface area contributed by atoms with Crippen molar-refractivity contribution in [1.82, 2.24) is 0 Å². The van der Waals surface area contributed by atoms with Gasteiger partial charge in [0, 0.05) is 11.0 Å². The van der Waals surface area contributed by atoms with Crippen molar-refractivity contribution in [2.24, 2.45) is 23.2 Å². The van der Waals surface area contributed by atoms with Crippen molar-refractivity contribution < 1.29 is 5.11 Å². The predicted molar refractivity (Wildman–Crippen MR) is 85.5 cm³/mol. The lowest BCUT2D eigenvalue weighted by Crippen LogP contribution is -2.49. The molecule has 0 aromatic rings. The number of thioether (sulfide) groups is 1. The summed E-state index contributed by atoms with van der Waals surface area (Å²) in [5.41, 5.74) is 0.487. The van der Waals surface area contributed by atoms with E-state index in [1.54, 1.807) is 6.08 Å². The van der Waals surface area contributed by atoms with E-state index in [4.69, 9.17) is 0 Å². The summed E-state index contributed by atoms with van der Waals surface area (Å²) in [6.07, 6.45) is 8.30. The van der Waals surface area contributed by atoms with E-state index in [1.165, 1.54) is 32.1 Å². The number of hydrogen-bond donors (Lipinski definition) is 1. The van der Waals surface area contributed by atoms with Gasteiger partial charge in [-0.1, -0.05) is 39.7 Å². The standard InChI is InChI=1S/C17H30OS/c1-5-14(18)11-19-16-13(3)8-9-15-12(2)7-6-10-17(15,16)4/h5,12-16,18H,1,6-11H2,2-4H3. The molecule has 1 nitrogen and oxygen atoms in total. The fourth-order valence-corrected chi connectivity index (χ4v) is 6.36. The molecule has 0 radical (unpaired) electrons. The van der Waals surface area contributed by atoms with Gasteiger partial charge in [-0.05, 0) is 42.4 Å². The average Bonchev–Trinajstić information content (AvgIpc) is 2.37. The van der Waals surface area contributed by atoms with Gasteiger partial charge >= 0.3 is 0 Å². The van der Waals surface area contributed by atoms with Crippen LogP contribution in [0.5, 0.6) is 0 Å². The van der Waals surface area contributed by atoms with Crippen molar-refractivity contribution in [2.45, 2.75) is 64.2 Å². The lowest BCUT2D eigenvalue weighted by atomic mass is 9.55. The number of aliphatic hydroxyl groups excluding tert-OH is 1. The predicted octanol–water partition coefficient (Wildman–Crippen LogP) is 4.51. The second-order valence-corrected chi connectivity index (χ2v) is 8.27. The smallest absolute Gasteiger partial charge is 0.0808 e. The van der Waals surface area contributed by atoms with Gasteiger partial charge < -0.3 is 5.11 Å². The van der Waals surface area contributed by atoms with Crippen molar-refractivity contribution in [3.05, 3.63) is 12.7 Å². The SMILES string of the molecule is C=CC(O)CSC1C(C)CCC2C(C)CCCC21C. The summed E-state index contributed by atoms with van der Waals surface area (Å²) in [4.78, 5) is 0. The molecule has 2 rings (SSSR count). The molecular weight excluding hydrogens is 252 g/mol. The van der Waals surface area contributed by atoms with Crippen LogP contribution in [0.2, 0.25) is 0 Å². The van der Waals surface area contributed by atoms with Gasteiger partial charge in [-0.15, -0.1) is 6.58 Å². The molecule has 0 heterocycles. The first-order valence-electron chi connectivity index (χ1n) is 7.91. The Morgan fingerprint density at radius 3 is 2.74 bits per heavy atom. The molecule has 1 N–H and O–H groups in total. The molecule has 6 atom stereocenters. The number of hydrogen-bond acceptors (Lipinski definition) is 2. The molecule has 0 spiro atoms. The van der Waals surface area contributed by atoms with E-state index < -0.39 is 0 Å². The Balaban J connectivity index is 2.11. The summed E-state index contributed by atoms with van der Waals surface area (Å²) in [7, 11) is 0. The van der Waals surface area contributed by atoms with Gasteiger partial charge in [0.2, 0.25) is 0 Å². The second kappa shape index (κ2) is 6.22. The molecule has 0 saturated heterocycles. The first-order valence-corrected chi connectivity index (χ1v) is 8.96. The molecule has 6 unspecified atom stereocenters. The molecule has 2 aliphatic carbocycles. The molecule has 0 aromatic heterocycles. The van der Waals surface area contributed by atoms with E-state index in [9.17, 15) is 5.11 Å². The zero-order chi connectivity index (χ0) is 14.0. The van der Waals surface area contributed by atoms with Gasteiger partial charge in [-0.3, -0.25) is 0 Å². The van der Waals surface area contributed by atoms with Gasteiger partial charge in [0.25, 0.3) is 0 Å². The summed E-state index contributed by atoms with van der Waals surface area (Å²) < 4.78 is 0. The van der Waals surface area contributed by atoms with E-state index in [0.717, 1.165) is 23.5 Å².